The summed E-state index contributed by atoms with van der Waals surface area (Å²) >= 11 is 0. The van der Waals surface area contributed by atoms with E-state index in [0.717, 1.165) is 109 Å². The summed E-state index contributed by atoms with van der Waals surface area (Å²) in [5.41, 5.74) is 0. The molecule has 0 aliphatic carbocycles. The number of carbonyl (C=O) groups excluding carboxylic acids is 4. The van der Waals surface area contributed by atoms with E-state index < -0.39 is 18.0 Å². The van der Waals surface area contributed by atoms with Crippen molar-refractivity contribution >= 4 is 29.8 Å². The molecule has 0 aromatic heterocycles. The average molecular weight is 765 g/mol. The van der Waals surface area contributed by atoms with Gasteiger partial charge in [-0.1, -0.05) is 116 Å². The van der Waals surface area contributed by atoms with Gasteiger partial charge in [0.1, 0.15) is 13.2 Å². The number of allylic oxidation sites excluding steroid dienone is 4. The molecule has 54 heavy (non-hydrogen) atoms. The summed E-state index contributed by atoms with van der Waals surface area (Å²) in [6, 6.07) is 0. The van der Waals surface area contributed by atoms with Crippen LogP contribution < -0.4 is 0 Å². The number of carboxylic acid groups (broad SMARTS) is 1. The Labute approximate surface area is 327 Å². The maximum atomic E-state index is 12.9. The molecule has 0 amide bonds. The Morgan fingerprint density at radius 2 is 0.926 bits per heavy atom. The Kier molecular flexibility index (Phi) is 35.9. The maximum Gasteiger partial charge on any atom is 0.306 e. The summed E-state index contributed by atoms with van der Waals surface area (Å²) in [5.74, 6) is -2.21. The number of esters is 4. The fraction of sp³-hybridized carbons (Fsp3) is 0.795. The lowest BCUT2D eigenvalue weighted by Gasteiger charge is -2.19. The Hall–Kier alpha value is -3.17. The number of carboxylic acids is 1. The van der Waals surface area contributed by atoms with E-state index >= 15 is 0 Å². The molecule has 0 fully saturated rings. The van der Waals surface area contributed by atoms with E-state index in [2.05, 4.69) is 38.2 Å². The van der Waals surface area contributed by atoms with Gasteiger partial charge in [0, 0.05) is 32.1 Å². The largest absolute Gasteiger partial charge is 0.481 e. The Balaban J connectivity index is 4.56. The zero-order valence-electron chi connectivity index (χ0n) is 34.3. The Bertz CT molecular complexity index is 975. The lowest BCUT2D eigenvalue weighted by molar-refractivity contribution is -0.167. The van der Waals surface area contributed by atoms with Crippen molar-refractivity contribution in [3.63, 3.8) is 0 Å². The summed E-state index contributed by atoms with van der Waals surface area (Å²) in [6.45, 7) is 6.24. The fourth-order valence-electron chi connectivity index (χ4n) is 5.76. The highest BCUT2D eigenvalue weighted by Gasteiger charge is 2.21. The van der Waals surface area contributed by atoms with Gasteiger partial charge in [0.15, 0.2) is 6.10 Å². The van der Waals surface area contributed by atoms with Crippen LogP contribution in [-0.4, -0.2) is 60.9 Å². The van der Waals surface area contributed by atoms with Crippen LogP contribution in [0.2, 0.25) is 0 Å². The van der Waals surface area contributed by atoms with Crippen molar-refractivity contribution in [2.45, 2.75) is 200 Å². The number of unbranched alkanes of at least 4 members (excludes halogenated alkanes) is 15. The number of rotatable bonds is 38. The van der Waals surface area contributed by atoms with Crippen LogP contribution in [0.3, 0.4) is 0 Å². The number of ether oxygens (including phenoxy) is 4. The first-order valence-corrected chi connectivity index (χ1v) is 21.4. The zero-order valence-corrected chi connectivity index (χ0v) is 34.3. The fourth-order valence-corrected chi connectivity index (χ4v) is 5.76. The zero-order chi connectivity index (χ0) is 39.9. The van der Waals surface area contributed by atoms with E-state index in [1.165, 1.54) is 12.8 Å². The van der Waals surface area contributed by atoms with Gasteiger partial charge < -0.3 is 24.1 Å². The predicted molar refractivity (Wildman–Crippen MR) is 214 cm³/mol. The van der Waals surface area contributed by atoms with E-state index in [1.807, 2.05) is 6.92 Å². The minimum absolute atomic E-state index is 0.0455. The quantitative estimate of drug-likeness (QED) is 0.0279. The highest BCUT2D eigenvalue weighted by atomic mass is 16.6. The minimum Gasteiger partial charge on any atom is -0.481 e. The standard InChI is InChI=1S/C44H76O10/c1-4-6-8-10-12-14-16-18-20-24-32-42(48)52-36-39(37-53-43(49)33-25-21-19-17-15-13-11-9-7-5-2)54-44(50)35-38(3)29-23-22-26-31-41(47)51-34-28-27-30-40(45)46/h8-11,38-39H,4-7,12-37H2,1-3H3,(H,45,46)/b10-8-,11-9-. The minimum atomic E-state index is -0.866. The van der Waals surface area contributed by atoms with Crippen molar-refractivity contribution in [1.29, 1.82) is 0 Å². The Morgan fingerprint density at radius 1 is 0.500 bits per heavy atom. The average Bonchev–Trinajstić information content (AvgIpc) is 3.13. The van der Waals surface area contributed by atoms with Crippen molar-refractivity contribution in [2.24, 2.45) is 5.92 Å². The van der Waals surface area contributed by atoms with Gasteiger partial charge in [0.25, 0.3) is 0 Å². The molecule has 0 bridgehead atoms. The van der Waals surface area contributed by atoms with Crippen LogP contribution in [0.5, 0.6) is 0 Å². The molecule has 312 valence electrons. The first-order chi connectivity index (χ1) is 26.2. The maximum absolute atomic E-state index is 12.9. The third kappa shape index (κ3) is 37.2. The van der Waals surface area contributed by atoms with Gasteiger partial charge in [-0.3, -0.25) is 24.0 Å². The molecule has 0 radical (unpaired) electrons. The van der Waals surface area contributed by atoms with Crippen molar-refractivity contribution in [3.8, 4) is 0 Å². The number of carbonyl (C=O) groups is 5. The van der Waals surface area contributed by atoms with Gasteiger partial charge in [-0.25, -0.2) is 0 Å². The summed E-state index contributed by atoms with van der Waals surface area (Å²) in [4.78, 5) is 60.2. The van der Waals surface area contributed by atoms with E-state index in [0.29, 0.717) is 38.5 Å². The lowest BCUT2D eigenvalue weighted by Crippen LogP contribution is -2.31. The molecule has 10 heteroatoms. The SMILES string of the molecule is CCC/C=C\CCCCCCCC(=O)OCC(COC(=O)CCCCCCC/C=C\CCC)OC(=O)CC(C)CCCCCC(=O)OCCCCC(=O)O. The van der Waals surface area contributed by atoms with Gasteiger partial charge in [-0.2, -0.15) is 0 Å². The smallest absolute Gasteiger partial charge is 0.306 e. The van der Waals surface area contributed by atoms with Crippen LogP contribution in [0, 0.1) is 5.92 Å². The van der Waals surface area contributed by atoms with Gasteiger partial charge in [-0.15, -0.1) is 0 Å². The van der Waals surface area contributed by atoms with Crippen LogP contribution in [0.4, 0.5) is 0 Å². The van der Waals surface area contributed by atoms with Gasteiger partial charge in [0.05, 0.1) is 6.61 Å². The van der Waals surface area contributed by atoms with Crippen LogP contribution in [-0.2, 0) is 42.9 Å². The van der Waals surface area contributed by atoms with Crippen molar-refractivity contribution in [3.05, 3.63) is 24.3 Å². The van der Waals surface area contributed by atoms with Crippen molar-refractivity contribution in [1.82, 2.24) is 0 Å². The van der Waals surface area contributed by atoms with Crippen LogP contribution in [0.1, 0.15) is 194 Å². The molecule has 0 rings (SSSR count). The number of aliphatic carboxylic acids is 1. The molecule has 0 aliphatic heterocycles. The molecule has 0 heterocycles. The molecule has 0 aromatic carbocycles. The second-order valence-electron chi connectivity index (χ2n) is 14.6. The first-order valence-electron chi connectivity index (χ1n) is 21.4. The molecule has 1 unspecified atom stereocenters. The van der Waals surface area contributed by atoms with Crippen molar-refractivity contribution < 1.29 is 48.0 Å². The summed E-state index contributed by atoms with van der Waals surface area (Å²) in [7, 11) is 0. The molecular formula is C44H76O10. The third-order valence-electron chi connectivity index (χ3n) is 9.05. The van der Waals surface area contributed by atoms with E-state index in [1.54, 1.807) is 0 Å². The molecular weight excluding hydrogens is 688 g/mol. The molecule has 10 nitrogen and oxygen atoms in total. The highest BCUT2D eigenvalue weighted by molar-refractivity contribution is 5.71. The molecule has 0 aromatic rings. The van der Waals surface area contributed by atoms with Crippen molar-refractivity contribution in [2.75, 3.05) is 19.8 Å². The van der Waals surface area contributed by atoms with E-state index in [-0.39, 0.29) is 56.5 Å². The van der Waals surface area contributed by atoms with Gasteiger partial charge >= 0.3 is 29.8 Å². The van der Waals surface area contributed by atoms with Gasteiger partial charge in [-0.05, 0) is 76.5 Å². The molecule has 0 saturated carbocycles. The normalized spacial score (nSPS) is 12.0. The van der Waals surface area contributed by atoms with Gasteiger partial charge in [0.2, 0.25) is 0 Å². The predicted octanol–water partition coefficient (Wildman–Crippen LogP) is 10.9. The second kappa shape index (κ2) is 38.1. The van der Waals surface area contributed by atoms with E-state index in [9.17, 15) is 24.0 Å². The number of hydrogen-bond donors (Lipinski definition) is 1. The second-order valence-corrected chi connectivity index (χ2v) is 14.6. The summed E-state index contributed by atoms with van der Waals surface area (Å²) in [5, 5.41) is 8.66. The van der Waals surface area contributed by atoms with Crippen LogP contribution >= 0.6 is 0 Å². The molecule has 1 atom stereocenters. The Morgan fingerprint density at radius 3 is 1.43 bits per heavy atom. The summed E-state index contributed by atoms with van der Waals surface area (Å²) in [6.07, 6.45) is 30.3. The lowest BCUT2D eigenvalue weighted by atomic mass is 9.99. The molecule has 1 N–H and O–H groups in total. The third-order valence-corrected chi connectivity index (χ3v) is 9.05. The first kappa shape index (κ1) is 50.8. The molecule has 0 aliphatic rings. The van der Waals surface area contributed by atoms with Crippen LogP contribution in [0.25, 0.3) is 0 Å². The molecule has 0 saturated heterocycles. The van der Waals surface area contributed by atoms with E-state index in [4.69, 9.17) is 24.1 Å². The number of hydrogen-bond acceptors (Lipinski definition) is 9. The van der Waals surface area contributed by atoms with Crippen LogP contribution in [0.15, 0.2) is 24.3 Å². The molecule has 0 spiro atoms. The monoisotopic (exact) mass is 765 g/mol. The topological polar surface area (TPSA) is 142 Å². The highest BCUT2D eigenvalue weighted by Crippen LogP contribution is 2.16. The summed E-state index contributed by atoms with van der Waals surface area (Å²) < 4.78 is 21.7.